The molecular formula is C21H21BrN4O4. The molecule has 0 atom stereocenters. The summed E-state index contributed by atoms with van der Waals surface area (Å²) in [7, 11) is 1.60. The van der Waals surface area contributed by atoms with Gasteiger partial charge in [-0.25, -0.2) is 0 Å². The first-order chi connectivity index (χ1) is 14.5. The quantitative estimate of drug-likeness (QED) is 0.492. The molecule has 1 aromatic heterocycles. The maximum Gasteiger partial charge on any atom is 0.227 e. The second-order valence-electron chi connectivity index (χ2n) is 6.40. The fourth-order valence-electron chi connectivity index (χ4n) is 2.59. The van der Waals surface area contributed by atoms with Gasteiger partial charge in [0.15, 0.2) is 0 Å². The fourth-order valence-corrected chi connectivity index (χ4v) is 2.86. The van der Waals surface area contributed by atoms with Crippen LogP contribution >= 0.6 is 15.9 Å². The third-order valence-corrected chi connectivity index (χ3v) is 4.71. The van der Waals surface area contributed by atoms with Crippen molar-refractivity contribution in [3.63, 3.8) is 0 Å². The maximum atomic E-state index is 12.0. The van der Waals surface area contributed by atoms with Crippen molar-refractivity contribution in [2.75, 3.05) is 19.0 Å². The standard InChI is InChI=1S/C21H21BrN4O4/c1-29-17-8-2-14(3-9-17)21-25-20(30-26-21)11-10-18(27)23-13-12-19(28)24-16-6-4-15(22)5-7-16/h2-9H,10-13H2,1H3,(H,23,27)(H,24,28). The van der Waals surface area contributed by atoms with Gasteiger partial charge in [-0.05, 0) is 48.5 Å². The van der Waals surface area contributed by atoms with E-state index in [1.165, 1.54) is 0 Å². The molecule has 2 aromatic carbocycles. The Morgan fingerprint density at radius 2 is 1.77 bits per heavy atom. The van der Waals surface area contributed by atoms with Crippen LogP contribution in [-0.4, -0.2) is 35.6 Å². The van der Waals surface area contributed by atoms with Crippen molar-refractivity contribution in [2.24, 2.45) is 0 Å². The minimum atomic E-state index is -0.185. The number of anilines is 1. The average molecular weight is 473 g/mol. The molecule has 0 radical (unpaired) electrons. The molecule has 0 aliphatic carbocycles. The van der Waals surface area contributed by atoms with Crippen LogP contribution in [-0.2, 0) is 16.0 Å². The Bertz CT molecular complexity index is 987. The van der Waals surface area contributed by atoms with Crippen molar-refractivity contribution in [1.82, 2.24) is 15.5 Å². The molecule has 2 N–H and O–H groups in total. The number of ether oxygens (including phenoxy) is 1. The molecule has 1 heterocycles. The summed E-state index contributed by atoms with van der Waals surface area (Å²) >= 11 is 3.34. The highest BCUT2D eigenvalue weighted by molar-refractivity contribution is 9.10. The second-order valence-corrected chi connectivity index (χ2v) is 7.31. The summed E-state index contributed by atoms with van der Waals surface area (Å²) in [6.07, 6.45) is 0.697. The molecule has 0 saturated heterocycles. The van der Waals surface area contributed by atoms with E-state index >= 15 is 0 Å². The van der Waals surface area contributed by atoms with Crippen molar-refractivity contribution < 1.29 is 18.8 Å². The van der Waals surface area contributed by atoms with E-state index < -0.39 is 0 Å². The predicted molar refractivity (Wildman–Crippen MR) is 115 cm³/mol. The number of nitrogens with one attached hydrogen (secondary N) is 2. The van der Waals surface area contributed by atoms with E-state index in [1.54, 1.807) is 19.2 Å². The van der Waals surface area contributed by atoms with E-state index in [0.29, 0.717) is 23.8 Å². The zero-order valence-corrected chi connectivity index (χ0v) is 17.9. The van der Waals surface area contributed by atoms with Gasteiger partial charge in [0.25, 0.3) is 0 Å². The Kier molecular flexibility index (Phi) is 7.56. The number of aryl methyl sites for hydroxylation is 1. The monoisotopic (exact) mass is 472 g/mol. The highest BCUT2D eigenvalue weighted by Crippen LogP contribution is 2.20. The van der Waals surface area contributed by atoms with Gasteiger partial charge in [-0.15, -0.1) is 0 Å². The summed E-state index contributed by atoms with van der Waals surface area (Å²) in [5.41, 5.74) is 1.51. The van der Waals surface area contributed by atoms with Gasteiger partial charge >= 0.3 is 0 Å². The Balaban J connectivity index is 1.38. The normalized spacial score (nSPS) is 10.5. The number of aromatic nitrogens is 2. The number of carbonyl (C=O) groups is 2. The van der Waals surface area contributed by atoms with Crippen LogP contribution in [0, 0.1) is 0 Å². The second kappa shape index (κ2) is 10.5. The van der Waals surface area contributed by atoms with Crippen LogP contribution in [0.4, 0.5) is 5.69 Å². The first kappa shape index (κ1) is 21.5. The van der Waals surface area contributed by atoms with E-state index in [2.05, 4.69) is 36.7 Å². The number of amides is 2. The molecule has 0 aliphatic heterocycles. The van der Waals surface area contributed by atoms with Crippen LogP contribution in [0.25, 0.3) is 11.4 Å². The largest absolute Gasteiger partial charge is 0.497 e. The van der Waals surface area contributed by atoms with Crippen LogP contribution in [0.15, 0.2) is 57.5 Å². The Morgan fingerprint density at radius 1 is 1.03 bits per heavy atom. The summed E-state index contributed by atoms with van der Waals surface area (Å²) in [4.78, 5) is 28.2. The summed E-state index contributed by atoms with van der Waals surface area (Å²) < 4.78 is 11.3. The first-order valence-corrected chi connectivity index (χ1v) is 10.1. The Labute approximate surface area is 182 Å². The average Bonchev–Trinajstić information content (AvgIpc) is 3.23. The van der Waals surface area contributed by atoms with E-state index in [4.69, 9.17) is 9.26 Å². The number of carbonyl (C=O) groups excluding carboxylic acids is 2. The van der Waals surface area contributed by atoms with Gasteiger partial charge in [0.2, 0.25) is 23.5 Å². The summed E-state index contributed by atoms with van der Waals surface area (Å²) in [6, 6.07) is 14.6. The minimum Gasteiger partial charge on any atom is -0.497 e. The van der Waals surface area contributed by atoms with E-state index in [1.807, 2.05) is 36.4 Å². The lowest BCUT2D eigenvalue weighted by Crippen LogP contribution is -2.27. The van der Waals surface area contributed by atoms with E-state index in [9.17, 15) is 9.59 Å². The number of hydrogen-bond donors (Lipinski definition) is 2. The molecular weight excluding hydrogens is 452 g/mol. The first-order valence-electron chi connectivity index (χ1n) is 9.32. The molecule has 0 bridgehead atoms. The lowest BCUT2D eigenvalue weighted by Gasteiger charge is -2.06. The molecule has 3 aromatic rings. The van der Waals surface area contributed by atoms with Gasteiger partial charge in [0, 0.05) is 41.5 Å². The highest BCUT2D eigenvalue weighted by Gasteiger charge is 2.11. The lowest BCUT2D eigenvalue weighted by atomic mass is 10.2. The molecule has 8 nitrogen and oxygen atoms in total. The number of rotatable bonds is 9. The molecule has 2 amide bonds. The van der Waals surface area contributed by atoms with Crippen molar-refractivity contribution in [3.8, 4) is 17.1 Å². The number of benzene rings is 2. The van der Waals surface area contributed by atoms with Crippen LogP contribution in [0.5, 0.6) is 5.75 Å². The van der Waals surface area contributed by atoms with Crippen LogP contribution < -0.4 is 15.4 Å². The predicted octanol–water partition coefficient (Wildman–Crippen LogP) is 3.59. The topological polar surface area (TPSA) is 106 Å². The Morgan fingerprint density at radius 3 is 2.47 bits per heavy atom. The molecule has 0 spiro atoms. The van der Waals surface area contributed by atoms with Gasteiger partial charge in [0.05, 0.1) is 7.11 Å². The zero-order chi connectivity index (χ0) is 21.3. The molecule has 0 fully saturated rings. The number of halogens is 1. The molecule has 0 unspecified atom stereocenters. The van der Waals surface area contributed by atoms with Crippen molar-refractivity contribution in [3.05, 3.63) is 58.9 Å². The molecule has 9 heteroatoms. The Hall–Kier alpha value is -3.20. The molecule has 156 valence electrons. The van der Waals surface area contributed by atoms with Gasteiger partial charge in [-0.3, -0.25) is 9.59 Å². The van der Waals surface area contributed by atoms with Crippen molar-refractivity contribution >= 4 is 33.4 Å². The maximum absolute atomic E-state index is 12.0. The van der Waals surface area contributed by atoms with Crippen LogP contribution in [0.3, 0.4) is 0 Å². The van der Waals surface area contributed by atoms with Gasteiger partial charge < -0.3 is 19.9 Å². The zero-order valence-electron chi connectivity index (χ0n) is 16.4. The lowest BCUT2D eigenvalue weighted by molar-refractivity contribution is -0.121. The number of nitrogens with zero attached hydrogens (tertiary/aromatic N) is 2. The summed E-state index contributed by atoms with van der Waals surface area (Å²) in [6.45, 7) is 0.252. The highest BCUT2D eigenvalue weighted by atomic mass is 79.9. The van der Waals surface area contributed by atoms with Gasteiger partial charge in [-0.1, -0.05) is 21.1 Å². The minimum absolute atomic E-state index is 0.168. The molecule has 3 rings (SSSR count). The van der Waals surface area contributed by atoms with E-state index in [0.717, 1.165) is 15.8 Å². The van der Waals surface area contributed by atoms with Gasteiger partial charge in [-0.2, -0.15) is 4.98 Å². The summed E-state index contributed by atoms with van der Waals surface area (Å²) in [5.74, 6) is 1.22. The van der Waals surface area contributed by atoms with Crippen molar-refractivity contribution in [1.29, 1.82) is 0 Å². The SMILES string of the molecule is COc1ccc(-c2noc(CCC(=O)NCCC(=O)Nc3ccc(Br)cc3)n2)cc1. The fraction of sp³-hybridized carbons (Fsp3) is 0.238. The van der Waals surface area contributed by atoms with Gasteiger partial charge in [0.1, 0.15) is 5.75 Å². The summed E-state index contributed by atoms with van der Waals surface area (Å²) in [5, 5.41) is 9.43. The smallest absolute Gasteiger partial charge is 0.227 e. The number of hydrogen-bond acceptors (Lipinski definition) is 6. The molecule has 0 saturated carbocycles. The molecule has 30 heavy (non-hydrogen) atoms. The van der Waals surface area contributed by atoms with Crippen molar-refractivity contribution in [2.45, 2.75) is 19.3 Å². The van der Waals surface area contributed by atoms with Crippen LogP contribution in [0.1, 0.15) is 18.7 Å². The number of methoxy groups -OCH3 is 1. The third kappa shape index (κ3) is 6.41. The van der Waals surface area contributed by atoms with E-state index in [-0.39, 0.29) is 31.2 Å². The van der Waals surface area contributed by atoms with Crippen LogP contribution in [0.2, 0.25) is 0 Å². The molecule has 0 aliphatic rings. The third-order valence-electron chi connectivity index (χ3n) is 4.18.